The Bertz CT molecular complexity index is 710. The van der Waals surface area contributed by atoms with Gasteiger partial charge in [-0.05, 0) is 36.4 Å². The topological polar surface area (TPSA) is 36.1 Å². The maximum Gasteiger partial charge on any atom is 0.270 e. The van der Waals surface area contributed by atoms with Crippen LogP contribution in [0.5, 0.6) is 0 Å². The van der Waals surface area contributed by atoms with E-state index in [0.717, 1.165) is 15.9 Å². The molecule has 1 saturated heterocycles. The summed E-state index contributed by atoms with van der Waals surface area (Å²) in [6.45, 7) is 0. The van der Waals surface area contributed by atoms with E-state index >= 15 is 0 Å². The highest BCUT2D eigenvalue weighted by molar-refractivity contribution is 9.10. The third-order valence-electron chi connectivity index (χ3n) is 2.77. The second-order valence-corrected chi connectivity index (χ2v) is 6.71. The highest BCUT2D eigenvalue weighted by Gasteiger charge is 2.33. The summed E-state index contributed by atoms with van der Waals surface area (Å²) < 4.78 is 1.46. The Hall–Kier alpha value is -1.37. The molecule has 0 saturated carbocycles. The smallest absolute Gasteiger partial charge is 0.270 e. The predicted octanol–water partition coefficient (Wildman–Crippen LogP) is 4.18. The van der Waals surface area contributed by atoms with Crippen molar-refractivity contribution in [3.05, 3.63) is 57.7 Å². The lowest BCUT2D eigenvalue weighted by Gasteiger charge is -2.14. The van der Waals surface area contributed by atoms with Crippen molar-refractivity contribution in [3.63, 3.8) is 0 Å². The molecule has 1 aliphatic heterocycles. The summed E-state index contributed by atoms with van der Waals surface area (Å²) in [5, 5.41) is 0. The second kappa shape index (κ2) is 5.55. The molecular formula is C14H9BrN2OS2. The van der Waals surface area contributed by atoms with Gasteiger partial charge in [0.05, 0.1) is 10.6 Å². The number of hydrogen-bond donors (Lipinski definition) is 1. The van der Waals surface area contributed by atoms with Crippen LogP contribution < -0.4 is 4.90 Å². The van der Waals surface area contributed by atoms with E-state index in [1.165, 1.54) is 11.8 Å². The first-order valence-electron chi connectivity index (χ1n) is 5.82. The van der Waals surface area contributed by atoms with Gasteiger partial charge in [0.25, 0.3) is 5.91 Å². The van der Waals surface area contributed by atoms with Gasteiger partial charge in [-0.3, -0.25) is 9.69 Å². The number of thioether (sulfide) groups is 1. The number of nitrogens with zero attached hydrogens (tertiary/aromatic N) is 1. The molecule has 1 amide bonds. The molecule has 1 N–H and O–H groups in total. The molecule has 6 heteroatoms. The van der Waals surface area contributed by atoms with E-state index < -0.39 is 0 Å². The van der Waals surface area contributed by atoms with E-state index in [1.807, 2.05) is 48.7 Å². The number of hydrogen-bond acceptors (Lipinski definition) is 3. The minimum Gasteiger partial charge on any atom is -0.362 e. The molecule has 20 heavy (non-hydrogen) atoms. The molecule has 2 heterocycles. The SMILES string of the molecule is O=C1/C(=C/c2ccc[nH]2)SC(=S)N1c1cccc(Br)c1. The van der Waals surface area contributed by atoms with E-state index in [4.69, 9.17) is 12.2 Å². The van der Waals surface area contributed by atoms with E-state index in [0.29, 0.717) is 9.23 Å². The zero-order chi connectivity index (χ0) is 14.1. The van der Waals surface area contributed by atoms with Crippen LogP contribution in [0.2, 0.25) is 0 Å². The van der Waals surface area contributed by atoms with E-state index in [1.54, 1.807) is 4.90 Å². The van der Waals surface area contributed by atoms with Gasteiger partial charge >= 0.3 is 0 Å². The molecule has 1 aromatic heterocycles. The van der Waals surface area contributed by atoms with Gasteiger partial charge in [-0.2, -0.15) is 0 Å². The fourth-order valence-corrected chi connectivity index (χ4v) is 3.56. The van der Waals surface area contributed by atoms with Gasteiger partial charge in [0, 0.05) is 16.4 Å². The van der Waals surface area contributed by atoms with Crippen LogP contribution in [0.25, 0.3) is 6.08 Å². The van der Waals surface area contributed by atoms with Crippen molar-refractivity contribution in [3.8, 4) is 0 Å². The lowest BCUT2D eigenvalue weighted by Crippen LogP contribution is -2.27. The molecule has 0 atom stereocenters. The van der Waals surface area contributed by atoms with Crippen molar-refractivity contribution in [2.45, 2.75) is 0 Å². The predicted molar refractivity (Wildman–Crippen MR) is 90.6 cm³/mol. The van der Waals surface area contributed by atoms with Gasteiger partial charge in [-0.25, -0.2) is 0 Å². The van der Waals surface area contributed by atoms with Crippen LogP contribution in [0.1, 0.15) is 5.69 Å². The number of carbonyl (C=O) groups excluding carboxylic acids is 1. The Kier molecular flexibility index (Phi) is 3.78. The van der Waals surface area contributed by atoms with Crippen LogP contribution in [-0.2, 0) is 4.79 Å². The summed E-state index contributed by atoms with van der Waals surface area (Å²) in [7, 11) is 0. The summed E-state index contributed by atoms with van der Waals surface area (Å²) in [5.74, 6) is -0.0901. The number of nitrogens with one attached hydrogen (secondary N) is 1. The van der Waals surface area contributed by atoms with Gasteiger partial charge in [0.15, 0.2) is 4.32 Å². The molecule has 100 valence electrons. The standard InChI is InChI=1S/C14H9BrN2OS2/c15-9-3-1-5-11(7-9)17-13(18)12(20-14(17)19)8-10-4-2-6-16-10/h1-8,16H/b12-8-. The van der Waals surface area contributed by atoms with Crippen LogP contribution >= 0.6 is 39.9 Å². The number of rotatable bonds is 2. The minimum atomic E-state index is -0.0901. The van der Waals surface area contributed by atoms with Gasteiger partial charge in [0.1, 0.15) is 0 Å². The van der Waals surface area contributed by atoms with Crippen LogP contribution in [0.4, 0.5) is 5.69 Å². The number of anilines is 1. The number of H-pyrrole nitrogens is 1. The monoisotopic (exact) mass is 364 g/mol. The van der Waals surface area contributed by atoms with Crippen molar-refractivity contribution >= 4 is 61.9 Å². The zero-order valence-electron chi connectivity index (χ0n) is 10.2. The fourth-order valence-electron chi connectivity index (χ4n) is 1.88. The highest BCUT2D eigenvalue weighted by atomic mass is 79.9. The normalized spacial score (nSPS) is 17.2. The average molecular weight is 365 g/mol. The minimum absolute atomic E-state index is 0.0901. The third-order valence-corrected chi connectivity index (χ3v) is 4.56. The summed E-state index contributed by atoms with van der Waals surface area (Å²) >= 11 is 10.0. The Labute approximate surface area is 134 Å². The molecule has 3 nitrogen and oxygen atoms in total. The molecule has 1 fully saturated rings. The maximum atomic E-state index is 12.5. The van der Waals surface area contributed by atoms with Crippen molar-refractivity contribution < 1.29 is 4.79 Å². The molecule has 3 rings (SSSR count). The fraction of sp³-hybridized carbons (Fsp3) is 0. The first-order valence-corrected chi connectivity index (χ1v) is 7.84. The Morgan fingerprint density at radius 1 is 1.30 bits per heavy atom. The highest BCUT2D eigenvalue weighted by Crippen LogP contribution is 2.36. The number of halogens is 1. The summed E-state index contributed by atoms with van der Waals surface area (Å²) in [4.78, 5) is 17.7. The summed E-state index contributed by atoms with van der Waals surface area (Å²) in [6.07, 6.45) is 3.64. The van der Waals surface area contributed by atoms with Gasteiger partial charge in [-0.15, -0.1) is 0 Å². The quantitative estimate of drug-likeness (QED) is 0.641. The molecule has 0 bridgehead atoms. The Morgan fingerprint density at radius 3 is 2.85 bits per heavy atom. The third kappa shape index (κ3) is 2.59. The van der Waals surface area contributed by atoms with Crippen LogP contribution in [0.15, 0.2) is 52.0 Å². The number of aromatic amines is 1. The number of benzene rings is 1. The molecule has 2 aromatic rings. The first-order chi connectivity index (χ1) is 9.65. The molecule has 0 aliphatic carbocycles. The lowest BCUT2D eigenvalue weighted by molar-refractivity contribution is -0.113. The number of carbonyl (C=O) groups is 1. The van der Waals surface area contributed by atoms with Crippen molar-refractivity contribution in [2.75, 3.05) is 4.90 Å². The Balaban J connectivity index is 1.95. The molecule has 0 spiro atoms. The van der Waals surface area contributed by atoms with E-state index in [2.05, 4.69) is 20.9 Å². The molecule has 1 aliphatic rings. The largest absolute Gasteiger partial charge is 0.362 e. The number of thiocarbonyl (C=S) groups is 1. The van der Waals surface area contributed by atoms with Crippen molar-refractivity contribution in [2.24, 2.45) is 0 Å². The summed E-state index contributed by atoms with van der Waals surface area (Å²) in [5.41, 5.74) is 1.66. The van der Waals surface area contributed by atoms with Gasteiger partial charge < -0.3 is 4.98 Å². The lowest BCUT2D eigenvalue weighted by atomic mass is 10.3. The second-order valence-electron chi connectivity index (χ2n) is 4.12. The van der Waals surface area contributed by atoms with Crippen LogP contribution in [0.3, 0.4) is 0 Å². The van der Waals surface area contributed by atoms with Gasteiger partial charge in [0.2, 0.25) is 0 Å². The first kappa shape index (κ1) is 13.6. The zero-order valence-corrected chi connectivity index (χ0v) is 13.4. The molecular weight excluding hydrogens is 356 g/mol. The number of aromatic nitrogens is 1. The van der Waals surface area contributed by atoms with Crippen molar-refractivity contribution in [1.29, 1.82) is 0 Å². The molecule has 0 radical (unpaired) electrons. The van der Waals surface area contributed by atoms with Crippen LogP contribution in [-0.4, -0.2) is 15.2 Å². The van der Waals surface area contributed by atoms with Crippen molar-refractivity contribution in [1.82, 2.24) is 4.98 Å². The van der Waals surface area contributed by atoms with Gasteiger partial charge in [-0.1, -0.05) is 46.0 Å². The van der Waals surface area contributed by atoms with E-state index in [9.17, 15) is 4.79 Å². The average Bonchev–Trinajstić information content (AvgIpc) is 2.99. The Morgan fingerprint density at radius 2 is 2.15 bits per heavy atom. The van der Waals surface area contributed by atoms with E-state index in [-0.39, 0.29) is 5.91 Å². The number of amides is 1. The molecule has 0 unspecified atom stereocenters. The summed E-state index contributed by atoms with van der Waals surface area (Å²) in [6, 6.07) is 11.3. The molecule has 1 aromatic carbocycles. The maximum absolute atomic E-state index is 12.5. The van der Waals surface area contributed by atoms with Crippen LogP contribution in [0, 0.1) is 0 Å².